The highest BCUT2D eigenvalue weighted by molar-refractivity contribution is 8.17. The molecular formula is C17H18N2S3. The number of allylic oxidation sites excluding steroid dienone is 1. The number of amidine groups is 1. The lowest BCUT2D eigenvalue weighted by Gasteiger charge is -2.18. The number of nitrogens with zero attached hydrogens (tertiary/aromatic N) is 2. The predicted molar refractivity (Wildman–Crippen MR) is 102 cm³/mol. The van der Waals surface area contributed by atoms with E-state index in [1.54, 1.807) is 0 Å². The van der Waals surface area contributed by atoms with Gasteiger partial charge in [0.25, 0.3) is 0 Å². The van der Waals surface area contributed by atoms with Crippen LogP contribution < -0.4 is 0 Å². The molecule has 0 spiro atoms. The van der Waals surface area contributed by atoms with Gasteiger partial charge in [-0.3, -0.25) is 4.99 Å². The van der Waals surface area contributed by atoms with Crippen molar-refractivity contribution in [3.05, 3.63) is 34.0 Å². The van der Waals surface area contributed by atoms with Crippen molar-refractivity contribution >= 4 is 55.8 Å². The molecule has 2 aromatic rings. The van der Waals surface area contributed by atoms with Crippen LogP contribution in [0.3, 0.4) is 0 Å². The number of thioether (sulfide) groups is 2. The van der Waals surface area contributed by atoms with Crippen molar-refractivity contribution in [2.24, 2.45) is 4.99 Å². The van der Waals surface area contributed by atoms with Gasteiger partial charge in [-0.25, -0.2) is 0 Å². The first-order valence-electron chi connectivity index (χ1n) is 7.61. The zero-order valence-corrected chi connectivity index (χ0v) is 15.2. The molecule has 0 saturated carbocycles. The average Bonchev–Trinajstić information content (AvgIpc) is 3.21. The van der Waals surface area contributed by atoms with E-state index in [1.165, 1.54) is 42.7 Å². The number of benzene rings is 1. The number of aliphatic imine (C=N–C) groups is 1. The van der Waals surface area contributed by atoms with E-state index in [0.29, 0.717) is 0 Å². The van der Waals surface area contributed by atoms with Crippen molar-refractivity contribution in [1.82, 2.24) is 4.90 Å². The Morgan fingerprint density at radius 2 is 2.23 bits per heavy atom. The average molecular weight is 347 g/mol. The third-order valence-electron chi connectivity index (χ3n) is 4.08. The molecule has 0 bridgehead atoms. The van der Waals surface area contributed by atoms with E-state index >= 15 is 0 Å². The molecule has 2 nitrogen and oxygen atoms in total. The summed E-state index contributed by atoms with van der Waals surface area (Å²) in [6, 6.07) is 6.86. The minimum atomic E-state index is 0.932. The zero-order chi connectivity index (χ0) is 15.1. The summed E-state index contributed by atoms with van der Waals surface area (Å²) >= 11 is 5.58. The van der Waals surface area contributed by atoms with Crippen LogP contribution in [0.1, 0.15) is 25.3 Å². The molecule has 0 atom stereocenters. The molecule has 4 rings (SSSR count). The van der Waals surface area contributed by atoms with Crippen molar-refractivity contribution in [3.63, 3.8) is 0 Å². The van der Waals surface area contributed by atoms with E-state index in [2.05, 4.69) is 46.7 Å². The van der Waals surface area contributed by atoms with Crippen LogP contribution in [-0.2, 0) is 0 Å². The summed E-state index contributed by atoms with van der Waals surface area (Å²) < 4.78 is 1.42. The Kier molecular flexibility index (Phi) is 3.96. The molecule has 0 aliphatic carbocycles. The third-order valence-corrected chi connectivity index (χ3v) is 7.00. The summed E-state index contributed by atoms with van der Waals surface area (Å²) in [5, 5.41) is 4.82. The lowest BCUT2D eigenvalue weighted by molar-refractivity contribution is 0.646. The molecule has 1 aromatic carbocycles. The maximum Gasteiger partial charge on any atom is 0.168 e. The molecule has 1 aromatic heterocycles. The van der Waals surface area contributed by atoms with E-state index < -0.39 is 0 Å². The quantitative estimate of drug-likeness (QED) is 0.679. The Morgan fingerprint density at radius 1 is 1.32 bits per heavy atom. The molecule has 0 radical (unpaired) electrons. The molecule has 0 unspecified atom stereocenters. The van der Waals surface area contributed by atoms with Gasteiger partial charge in [-0.2, -0.15) is 0 Å². The summed E-state index contributed by atoms with van der Waals surface area (Å²) in [5.41, 5.74) is 2.81. The van der Waals surface area contributed by atoms with Crippen LogP contribution >= 0.6 is 34.9 Å². The minimum Gasteiger partial charge on any atom is -0.318 e. The fourth-order valence-corrected chi connectivity index (χ4v) is 6.01. The Bertz CT molecular complexity index is 788. The monoisotopic (exact) mass is 346 g/mol. The van der Waals surface area contributed by atoms with Crippen LogP contribution in [0.5, 0.6) is 0 Å². The smallest absolute Gasteiger partial charge is 0.168 e. The van der Waals surface area contributed by atoms with Gasteiger partial charge in [0.15, 0.2) is 5.17 Å². The van der Waals surface area contributed by atoms with E-state index in [9.17, 15) is 0 Å². The second-order valence-electron chi connectivity index (χ2n) is 5.42. The van der Waals surface area contributed by atoms with Gasteiger partial charge in [-0.15, -0.1) is 23.1 Å². The molecule has 0 N–H and O–H groups in total. The summed E-state index contributed by atoms with van der Waals surface area (Å²) in [6.07, 6.45) is 4.49. The summed E-state index contributed by atoms with van der Waals surface area (Å²) in [5.74, 6) is 0. The van der Waals surface area contributed by atoms with Crippen LogP contribution in [-0.4, -0.2) is 29.4 Å². The fraction of sp³-hybridized carbons (Fsp3) is 0.353. The standard InChI is InChI=1S/C17H18N2S3/c1-3-4-14-15(19-9-8-18-17(19)22-14)12-5-6-13(20-2)11-7-10-21-16(11)12/h5-7,10H,3-4,8-9H2,1-2H3. The van der Waals surface area contributed by atoms with E-state index in [1.807, 2.05) is 34.9 Å². The third kappa shape index (κ3) is 2.22. The topological polar surface area (TPSA) is 15.6 Å². The lowest BCUT2D eigenvalue weighted by Crippen LogP contribution is -2.20. The molecule has 0 saturated heterocycles. The van der Waals surface area contributed by atoms with Gasteiger partial charge in [0.05, 0.1) is 12.2 Å². The second-order valence-corrected chi connectivity index (χ2v) is 8.24. The second kappa shape index (κ2) is 5.95. The van der Waals surface area contributed by atoms with Gasteiger partial charge < -0.3 is 4.90 Å². The first kappa shape index (κ1) is 14.7. The highest BCUT2D eigenvalue weighted by atomic mass is 32.2. The van der Waals surface area contributed by atoms with E-state index in [0.717, 1.165) is 19.5 Å². The molecule has 0 amide bonds. The van der Waals surface area contributed by atoms with Crippen LogP contribution in [0.2, 0.25) is 0 Å². The van der Waals surface area contributed by atoms with E-state index in [4.69, 9.17) is 0 Å². The molecule has 2 aliphatic rings. The SMILES string of the molecule is CCCC1=C(c2ccc(SC)c3ccsc23)N2CCN=C2S1. The van der Waals surface area contributed by atoms with Gasteiger partial charge in [0, 0.05) is 32.0 Å². The molecule has 2 aliphatic heterocycles. The largest absolute Gasteiger partial charge is 0.318 e. The number of hydrogen-bond acceptors (Lipinski definition) is 5. The number of hydrogen-bond donors (Lipinski definition) is 0. The Balaban J connectivity index is 1.91. The summed E-state index contributed by atoms with van der Waals surface area (Å²) in [4.78, 5) is 9.97. The predicted octanol–water partition coefficient (Wildman–Crippen LogP) is 5.51. The van der Waals surface area contributed by atoms with Crippen molar-refractivity contribution in [1.29, 1.82) is 0 Å². The molecular weight excluding hydrogens is 328 g/mol. The van der Waals surface area contributed by atoms with Gasteiger partial charge in [0.1, 0.15) is 0 Å². The van der Waals surface area contributed by atoms with Gasteiger partial charge in [-0.05, 0) is 30.2 Å². The molecule has 3 heterocycles. The zero-order valence-electron chi connectivity index (χ0n) is 12.8. The minimum absolute atomic E-state index is 0.932. The van der Waals surface area contributed by atoms with Crippen molar-refractivity contribution in [2.45, 2.75) is 24.7 Å². The first-order chi connectivity index (χ1) is 10.8. The fourth-order valence-electron chi connectivity index (χ4n) is 3.12. The number of rotatable bonds is 4. The molecule has 22 heavy (non-hydrogen) atoms. The Hall–Kier alpha value is -0.910. The van der Waals surface area contributed by atoms with Gasteiger partial charge in [0.2, 0.25) is 0 Å². The normalized spacial score (nSPS) is 17.5. The maximum atomic E-state index is 4.67. The highest BCUT2D eigenvalue weighted by Gasteiger charge is 2.33. The maximum absolute atomic E-state index is 4.67. The van der Waals surface area contributed by atoms with E-state index in [-0.39, 0.29) is 0 Å². The lowest BCUT2D eigenvalue weighted by atomic mass is 10.1. The first-order valence-corrected chi connectivity index (χ1v) is 10.5. The summed E-state index contributed by atoms with van der Waals surface area (Å²) in [7, 11) is 0. The van der Waals surface area contributed by atoms with Gasteiger partial charge >= 0.3 is 0 Å². The number of fused-ring (bicyclic) bond motifs is 2. The van der Waals surface area contributed by atoms with Crippen molar-refractivity contribution in [3.8, 4) is 0 Å². The van der Waals surface area contributed by atoms with Crippen LogP contribution in [0.4, 0.5) is 0 Å². The van der Waals surface area contributed by atoms with Crippen LogP contribution in [0, 0.1) is 0 Å². The molecule has 0 fully saturated rings. The highest BCUT2D eigenvalue weighted by Crippen LogP contribution is 2.46. The molecule has 5 heteroatoms. The summed E-state index contributed by atoms with van der Waals surface area (Å²) in [6.45, 7) is 4.22. The van der Waals surface area contributed by atoms with Crippen LogP contribution in [0.25, 0.3) is 15.8 Å². The molecule has 114 valence electrons. The van der Waals surface area contributed by atoms with Crippen molar-refractivity contribution < 1.29 is 0 Å². The van der Waals surface area contributed by atoms with Crippen molar-refractivity contribution in [2.75, 3.05) is 19.3 Å². The van der Waals surface area contributed by atoms with Gasteiger partial charge in [-0.1, -0.05) is 31.2 Å². The Morgan fingerprint density at radius 3 is 3.05 bits per heavy atom. The Labute approximate surface area is 143 Å². The number of thiophene rings is 1. The van der Waals surface area contributed by atoms with Crippen LogP contribution in [0.15, 0.2) is 38.4 Å².